The lowest BCUT2D eigenvalue weighted by Gasteiger charge is -2.22. The molecule has 1 aromatic heterocycles. The van der Waals surface area contributed by atoms with E-state index >= 15 is 0 Å². The zero-order valence-electron chi connectivity index (χ0n) is 15.6. The third-order valence-electron chi connectivity index (χ3n) is 4.56. The Morgan fingerprint density at radius 1 is 1.04 bits per heavy atom. The van der Waals surface area contributed by atoms with Crippen molar-refractivity contribution in [2.75, 3.05) is 13.7 Å². The van der Waals surface area contributed by atoms with Crippen LogP contribution in [-0.2, 0) is 19.6 Å². The molecule has 0 saturated carbocycles. The van der Waals surface area contributed by atoms with Crippen molar-refractivity contribution in [1.82, 2.24) is 9.47 Å². The molecule has 0 N–H and O–H groups in total. The van der Waals surface area contributed by atoms with E-state index in [0.717, 1.165) is 31.1 Å². The van der Waals surface area contributed by atoms with Crippen LogP contribution < -0.4 is 4.74 Å². The minimum absolute atomic E-state index is 0.168. The molecule has 0 radical (unpaired) electrons. The summed E-state index contributed by atoms with van der Waals surface area (Å²) in [5, 5.41) is 0. The summed E-state index contributed by atoms with van der Waals surface area (Å²) in [6, 6.07) is 19.1. The molecule has 4 heteroatoms. The molecule has 0 saturated heterocycles. The van der Waals surface area contributed by atoms with Crippen LogP contribution in [-0.4, -0.2) is 23.1 Å². The topological polar surface area (TPSA) is 17.4 Å². The summed E-state index contributed by atoms with van der Waals surface area (Å²) in [5.74, 6) is 0.686. The fraction of sp³-hybridized carbons (Fsp3) is 0.217. The third-order valence-corrected chi connectivity index (χ3v) is 4.56. The maximum atomic E-state index is 14.0. The standard InChI is InChI=1S/C23H25FN2O/c1-3-14-25(16-19-10-12-22(27-2)13-11-19)18-21-8-6-15-26(21)17-20-7-4-5-9-23(20)24/h3-13,15H,1,14,16-18H2,2H3. The van der Waals surface area contributed by atoms with Gasteiger partial charge in [-0.05, 0) is 35.9 Å². The Balaban J connectivity index is 1.72. The van der Waals surface area contributed by atoms with Crippen molar-refractivity contribution in [2.24, 2.45) is 0 Å². The minimum atomic E-state index is -0.168. The van der Waals surface area contributed by atoms with E-state index in [9.17, 15) is 4.39 Å². The molecule has 0 aliphatic heterocycles. The number of benzene rings is 2. The van der Waals surface area contributed by atoms with Gasteiger partial charge in [0, 0.05) is 37.1 Å². The molecule has 27 heavy (non-hydrogen) atoms. The molecule has 2 aromatic carbocycles. The molecular weight excluding hydrogens is 339 g/mol. The number of aromatic nitrogens is 1. The van der Waals surface area contributed by atoms with E-state index in [2.05, 4.69) is 34.2 Å². The first-order valence-corrected chi connectivity index (χ1v) is 9.03. The largest absolute Gasteiger partial charge is 0.497 e. The SMILES string of the molecule is C=CCN(Cc1ccc(OC)cc1)Cc1cccn1Cc1ccccc1F. The van der Waals surface area contributed by atoms with Gasteiger partial charge in [0.15, 0.2) is 0 Å². The monoisotopic (exact) mass is 364 g/mol. The van der Waals surface area contributed by atoms with Gasteiger partial charge in [0.25, 0.3) is 0 Å². The molecule has 0 amide bonds. The molecule has 1 heterocycles. The predicted octanol–water partition coefficient (Wildman–Crippen LogP) is 4.87. The van der Waals surface area contributed by atoms with Crippen LogP contribution in [0.15, 0.2) is 79.5 Å². The zero-order valence-corrected chi connectivity index (χ0v) is 15.6. The quantitative estimate of drug-likeness (QED) is 0.504. The van der Waals surface area contributed by atoms with E-state index in [0.29, 0.717) is 12.1 Å². The van der Waals surface area contributed by atoms with Crippen molar-refractivity contribution < 1.29 is 9.13 Å². The van der Waals surface area contributed by atoms with Crippen LogP contribution in [0.2, 0.25) is 0 Å². The Morgan fingerprint density at radius 2 is 1.81 bits per heavy atom. The molecule has 0 aliphatic carbocycles. The van der Waals surface area contributed by atoms with E-state index in [4.69, 9.17) is 4.74 Å². The first-order valence-electron chi connectivity index (χ1n) is 9.03. The summed E-state index contributed by atoms with van der Waals surface area (Å²) in [4.78, 5) is 2.31. The third kappa shape index (κ3) is 5.08. The van der Waals surface area contributed by atoms with Crippen LogP contribution in [0.25, 0.3) is 0 Å². The molecule has 0 atom stereocenters. The van der Waals surface area contributed by atoms with Gasteiger partial charge in [-0.2, -0.15) is 0 Å². The highest BCUT2D eigenvalue weighted by atomic mass is 19.1. The van der Waals surface area contributed by atoms with Gasteiger partial charge in [-0.15, -0.1) is 6.58 Å². The van der Waals surface area contributed by atoms with Crippen molar-refractivity contribution in [3.8, 4) is 5.75 Å². The average Bonchev–Trinajstić information content (AvgIpc) is 3.11. The Morgan fingerprint density at radius 3 is 2.52 bits per heavy atom. The van der Waals surface area contributed by atoms with E-state index in [1.807, 2.05) is 42.6 Å². The van der Waals surface area contributed by atoms with Gasteiger partial charge in [0.1, 0.15) is 11.6 Å². The Bertz CT molecular complexity index is 870. The highest BCUT2D eigenvalue weighted by Gasteiger charge is 2.10. The molecule has 0 unspecified atom stereocenters. The highest BCUT2D eigenvalue weighted by Crippen LogP contribution is 2.16. The maximum Gasteiger partial charge on any atom is 0.128 e. The average molecular weight is 364 g/mol. The lowest BCUT2D eigenvalue weighted by atomic mass is 10.2. The number of nitrogens with zero attached hydrogens (tertiary/aromatic N) is 2. The fourth-order valence-corrected chi connectivity index (χ4v) is 3.14. The smallest absolute Gasteiger partial charge is 0.128 e. The van der Waals surface area contributed by atoms with Crippen LogP contribution >= 0.6 is 0 Å². The van der Waals surface area contributed by atoms with Crippen molar-refractivity contribution in [2.45, 2.75) is 19.6 Å². The van der Waals surface area contributed by atoms with E-state index < -0.39 is 0 Å². The molecule has 3 rings (SSSR count). The molecule has 3 nitrogen and oxygen atoms in total. The van der Waals surface area contributed by atoms with E-state index in [1.165, 1.54) is 11.6 Å². The lowest BCUT2D eigenvalue weighted by Crippen LogP contribution is -2.24. The molecule has 0 aliphatic rings. The first-order chi connectivity index (χ1) is 13.2. The Kier molecular flexibility index (Phi) is 6.44. The van der Waals surface area contributed by atoms with Gasteiger partial charge >= 0.3 is 0 Å². The van der Waals surface area contributed by atoms with Gasteiger partial charge in [-0.3, -0.25) is 4.90 Å². The number of methoxy groups -OCH3 is 1. The summed E-state index contributed by atoms with van der Waals surface area (Å²) in [5.41, 5.74) is 3.05. The molecule has 0 bridgehead atoms. The highest BCUT2D eigenvalue weighted by molar-refractivity contribution is 5.27. The number of hydrogen-bond acceptors (Lipinski definition) is 2. The number of hydrogen-bond donors (Lipinski definition) is 0. The summed E-state index contributed by atoms with van der Waals surface area (Å²) >= 11 is 0. The summed E-state index contributed by atoms with van der Waals surface area (Å²) in [6.45, 7) is 6.75. The fourth-order valence-electron chi connectivity index (χ4n) is 3.14. The second-order valence-corrected chi connectivity index (χ2v) is 6.53. The molecule has 140 valence electrons. The minimum Gasteiger partial charge on any atom is -0.497 e. The van der Waals surface area contributed by atoms with Crippen LogP contribution in [0.4, 0.5) is 4.39 Å². The first kappa shape index (κ1) is 18.9. The maximum absolute atomic E-state index is 14.0. The number of ether oxygens (including phenoxy) is 1. The van der Waals surface area contributed by atoms with Gasteiger partial charge in [-0.25, -0.2) is 4.39 Å². The second-order valence-electron chi connectivity index (χ2n) is 6.53. The number of rotatable bonds is 9. The van der Waals surface area contributed by atoms with Crippen molar-refractivity contribution >= 4 is 0 Å². The van der Waals surface area contributed by atoms with Crippen LogP contribution in [0.3, 0.4) is 0 Å². The normalized spacial score (nSPS) is 10.9. The predicted molar refractivity (Wildman–Crippen MR) is 107 cm³/mol. The Hall–Kier alpha value is -2.85. The van der Waals surface area contributed by atoms with Crippen molar-refractivity contribution in [3.63, 3.8) is 0 Å². The van der Waals surface area contributed by atoms with Gasteiger partial charge in [-0.1, -0.05) is 36.4 Å². The number of halogens is 1. The molecule has 3 aromatic rings. The molecular formula is C23H25FN2O. The summed E-state index contributed by atoms with van der Waals surface area (Å²) in [7, 11) is 1.67. The molecule has 0 fully saturated rings. The summed E-state index contributed by atoms with van der Waals surface area (Å²) in [6.07, 6.45) is 3.91. The molecule has 0 spiro atoms. The second kappa shape index (κ2) is 9.19. The van der Waals surface area contributed by atoms with Gasteiger partial charge in [0.2, 0.25) is 0 Å². The van der Waals surface area contributed by atoms with Gasteiger partial charge < -0.3 is 9.30 Å². The van der Waals surface area contributed by atoms with Crippen LogP contribution in [0.1, 0.15) is 16.8 Å². The van der Waals surface area contributed by atoms with Crippen molar-refractivity contribution in [3.05, 3.63) is 102 Å². The summed E-state index contributed by atoms with van der Waals surface area (Å²) < 4.78 is 21.3. The van der Waals surface area contributed by atoms with Crippen LogP contribution in [0.5, 0.6) is 5.75 Å². The van der Waals surface area contributed by atoms with E-state index in [1.54, 1.807) is 13.2 Å². The van der Waals surface area contributed by atoms with Crippen molar-refractivity contribution in [1.29, 1.82) is 0 Å². The zero-order chi connectivity index (χ0) is 19.1. The Labute approximate surface area is 160 Å². The van der Waals surface area contributed by atoms with Gasteiger partial charge in [0.05, 0.1) is 13.7 Å². The van der Waals surface area contributed by atoms with Crippen LogP contribution in [0, 0.1) is 5.82 Å². The van der Waals surface area contributed by atoms with E-state index in [-0.39, 0.29) is 5.82 Å². The lowest BCUT2D eigenvalue weighted by molar-refractivity contribution is 0.278.